The van der Waals surface area contributed by atoms with Gasteiger partial charge in [-0.3, -0.25) is 19.3 Å². The molecule has 0 aromatic rings. The van der Waals surface area contributed by atoms with Gasteiger partial charge >= 0.3 is 0 Å². The Balaban J connectivity index is 1.40. The van der Waals surface area contributed by atoms with E-state index in [1.807, 2.05) is 4.90 Å². The summed E-state index contributed by atoms with van der Waals surface area (Å²) in [6.07, 6.45) is -2.38. The lowest BCUT2D eigenvalue weighted by Gasteiger charge is -2.41. The molecule has 0 aromatic heterocycles. The number of piperidine rings is 1. The third-order valence-electron chi connectivity index (χ3n) is 8.89. The van der Waals surface area contributed by atoms with Crippen LogP contribution in [-0.2, 0) is 28.6 Å². The van der Waals surface area contributed by atoms with E-state index < -0.39 is 30.5 Å². The van der Waals surface area contributed by atoms with Gasteiger partial charge in [-0.2, -0.15) is 0 Å². The predicted octanol–water partition coefficient (Wildman–Crippen LogP) is -2.76. The van der Waals surface area contributed by atoms with Crippen LogP contribution in [0.5, 0.6) is 0 Å². The molecule has 0 radical (unpaired) electrons. The first kappa shape index (κ1) is 28.7. The maximum Gasteiger partial charge on any atom is 0.248 e. The van der Waals surface area contributed by atoms with Crippen LogP contribution < -0.4 is 5.32 Å². The van der Waals surface area contributed by atoms with E-state index in [1.165, 1.54) is 12.0 Å². The highest BCUT2D eigenvalue weighted by Gasteiger charge is 2.47. The fraction of sp³-hybridized carbons (Fsp3) is 0.885. The molecule has 3 amide bonds. The second-order valence-corrected chi connectivity index (χ2v) is 11.7. The summed E-state index contributed by atoms with van der Waals surface area (Å²) < 4.78 is 17.0. The van der Waals surface area contributed by atoms with E-state index in [4.69, 9.17) is 14.2 Å². The van der Waals surface area contributed by atoms with Gasteiger partial charge in [0.25, 0.3) is 0 Å². The zero-order chi connectivity index (χ0) is 27.7. The molecule has 0 aromatic carbocycles. The molecule has 5 saturated heterocycles. The molecule has 5 heterocycles. The molecule has 0 aliphatic carbocycles. The van der Waals surface area contributed by atoms with Gasteiger partial charge in [0.1, 0.15) is 24.9 Å². The molecule has 5 aliphatic rings. The number of likely N-dealkylation sites (tertiary alicyclic amines) is 2. The Morgan fingerprint density at radius 2 is 1.79 bits per heavy atom. The van der Waals surface area contributed by atoms with Crippen LogP contribution in [0.4, 0.5) is 0 Å². The molecular weight excluding hydrogens is 510 g/mol. The summed E-state index contributed by atoms with van der Waals surface area (Å²) in [5.74, 6) is -0.571. The Kier molecular flexibility index (Phi) is 9.06. The van der Waals surface area contributed by atoms with Crippen molar-refractivity contribution in [1.29, 1.82) is 0 Å². The Labute approximate surface area is 229 Å². The third kappa shape index (κ3) is 6.39. The predicted molar refractivity (Wildman–Crippen MR) is 138 cm³/mol. The van der Waals surface area contributed by atoms with E-state index >= 15 is 0 Å². The molecule has 39 heavy (non-hydrogen) atoms. The SMILES string of the molecule is COCC(=O)N1C[C@@H]2CN(CCO2)C(=O)[C@@H]2C[C@@H](CN2C2CCN(C)CC2)NC(=O)C[C@@H]2O[C@H](C1)[C@@H](O)[C@H]2O. The Bertz CT molecular complexity index is 902. The molecule has 0 saturated carbocycles. The number of nitrogens with one attached hydrogen (secondary N) is 1. The van der Waals surface area contributed by atoms with E-state index in [0.29, 0.717) is 32.7 Å². The monoisotopic (exact) mass is 553 g/mol. The second kappa shape index (κ2) is 12.3. The lowest BCUT2D eigenvalue weighted by atomic mass is 10.0. The first-order valence-corrected chi connectivity index (χ1v) is 14.2. The van der Waals surface area contributed by atoms with Gasteiger partial charge in [-0.05, 0) is 39.4 Å². The lowest BCUT2D eigenvalue weighted by molar-refractivity contribution is -0.149. The van der Waals surface area contributed by atoms with E-state index in [0.717, 1.165) is 25.9 Å². The Morgan fingerprint density at radius 1 is 1.05 bits per heavy atom. The standard InChI is InChI=1S/C26H43N5O8/c1-28-5-3-17(4-6-28)31-11-16-9-19(31)26(36)29-7-8-38-18(12-29)13-30(23(33)15-37-2)14-21-25(35)24(34)20(39-21)10-22(32)27-16/h16-21,24-25,34-35H,3-15H2,1-2H3,(H,27,32)/t16-,18-,19-,20-,21+,24-,25+/m0/s1. The van der Waals surface area contributed by atoms with E-state index in [9.17, 15) is 24.6 Å². The Morgan fingerprint density at radius 3 is 2.54 bits per heavy atom. The summed E-state index contributed by atoms with van der Waals surface area (Å²) in [6.45, 7) is 3.69. The van der Waals surface area contributed by atoms with Crippen LogP contribution in [0.3, 0.4) is 0 Å². The number of ether oxygens (including phenoxy) is 3. The number of morpholine rings is 1. The number of fused-ring (bicyclic) bond motifs is 6. The van der Waals surface area contributed by atoms with E-state index in [2.05, 4.69) is 22.2 Å². The topological polar surface area (TPSA) is 144 Å². The van der Waals surface area contributed by atoms with Gasteiger partial charge in [0.05, 0.1) is 31.3 Å². The van der Waals surface area contributed by atoms with Gasteiger partial charge in [0.15, 0.2) is 0 Å². The van der Waals surface area contributed by atoms with Crippen LogP contribution in [0.1, 0.15) is 25.7 Å². The molecular formula is C26H43N5O8. The summed E-state index contributed by atoms with van der Waals surface area (Å²) in [5.41, 5.74) is 0. The van der Waals surface area contributed by atoms with Gasteiger partial charge in [-0.15, -0.1) is 0 Å². The van der Waals surface area contributed by atoms with Crippen molar-refractivity contribution in [2.45, 2.75) is 74.3 Å². The van der Waals surface area contributed by atoms with Crippen molar-refractivity contribution in [1.82, 2.24) is 24.9 Å². The number of aliphatic hydroxyl groups excluding tert-OH is 2. The summed E-state index contributed by atoms with van der Waals surface area (Å²) in [6, 6.07) is -0.285. The van der Waals surface area contributed by atoms with E-state index in [-0.39, 0.29) is 62.0 Å². The van der Waals surface area contributed by atoms with Crippen LogP contribution in [-0.4, -0.2) is 169 Å². The number of carbonyl (C=O) groups excluding carboxylic acids is 3. The van der Waals surface area contributed by atoms with Crippen molar-refractivity contribution in [3.05, 3.63) is 0 Å². The van der Waals surface area contributed by atoms with Crippen molar-refractivity contribution < 1.29 is 38.8 Å². The van der Waals surface area contributed by atoms with Gasteiger partial charge in [0, 0.05) is 51.9 Å². The van der Waals surface area contributed by atoms with Crippen LogP contribution in [0.2, 0.25) is 0 Å². The fourth-order valence-electron chi connectivity index (χ4n) is 6.75. The Hall–Kier alpha value is -1.87. The zero-order valence-electron chi connectivity index (χ0n) is 22.9. The second-order valence-electron chi connectivity index (χ2n) is 11.7. The maximum atomic E-state index is 13.9. The van der Waals surface area contributed by atoms with Gasteiger partial charge in [0.2, 0.25) is 17.7 Å². The number of methoxy groups -OCH3 is 1. The minimum Gasteiger partial charge on any atom is -0.388 e. The summed E-state index contributed by atoms with van der Waals surface area (Å²) >= 11 is 0. The quantitative estimate of drug-likeness (QED) is 0.336. The third-order valence-corrected chi connectivity index (χ3v) is 8.89. The number of aliphatic hydroxyl groups is 2. The molecule has 13 heteroatoms. The molecule has 220 valence electrons. The molecule has 3 N–H and O–H groups in total. The molecule has 0 spiro atoms. The number of rotatable bonds is 3. The highest BCUT2D eigenvalue weighted by molar-refractivity contribution is 5.83. The number of nitrogens with zero attached hydrogens (tertiary/aromatic N) is 4. The minimum atomic E-state index is -1.26. The lowest BCUT2D eigenvalue weighted by Crippen LogP contribution is -2.57. The summed E-state index contributed by atoms with van der Waals surface area (Å²) in [7, 11) is 3.53. The van der Waals surface area contributed by atoms with Gasteiger partial charge < -0.3 is 44.4 Å². The van der Waals surface area contributed by atoms with Crippen molar-refractivity contribution in [3.8, 4) is 0 Å². The average molecular weight is 554 g/mol. The molecule has 5 aliphatic heterocycles. The van der Waals surface area contributed by atoms with E-state index in [1.54, 1.807) is 0 Å². The van der Waals surface area contributed by atoms with Crippen LogP contribution in [0, 0.1) is 0 Å². The number of hydrogen-bond acceptors (Lipinski definition) is 10. The van der Waals surface area contributed by atoms with Crippen LogP contribution >= 0.6 is 0 Å². The number of hydrogen-bond donors (Lipinski definition) is 3. The first-order chi connectivity index (χ1) is 18.7. The average Bonchev–Trinajstić information content (AvgIpc) is 3.44. The van der Waals surface area contributed by atoms with Crippen molar-refractivity contribution in [2.75, 3.05) is 73.2 Å². The van der Waals surface area contributed by atoms with Crippen LogP contribution in [0.15, 0.2) is 0 Å². The van der Waals surface area contributed by atoms with Gasteiger partial charge in [-0.1, -0.05) is 0 Å². The minimum absolute atomic E-state index is 0.00149. The zero-order valence-corrected chi connectivity index (χ0v) is 22.9. The highest BCUT2D eigenvalue weighted by atomic mass is 16.5. The molecule has 7 atom stereocenters. The maximum absolute atomic E-state index is 13.9. The highest BCUT2D eigenvalue weighted by Crippen LogP contribution is 2.30. The first-order valence-electron chi connectivity index (χ1n) is 14.2. The van der Waals surface area contributed by atoms with Crippen molar-refractivity contribution in [2.24, 2.45) is 0 Å². The molecule has 0 unspecified atom stereocenters. The number of amides is 3. The van der Waals surface area contributed by atoms with Crippen molar-refractivity contribution >= 4 is 17.7 Å². The summed E-state index contributed by atoms with van der Waals surface area (Å²) in [5, 5.41) is 24.4. The summed E-state index contributed by atoms with van der Waals surface area (Å²) in [4.78, 5) is 47.8. The smallest absolute Gasteiger partial charge is 0.248 e. The van der Waals surface area contributed by atoms with Gasteiger partial charge in [-0.25, -0.2) is 0 Å². The molecule has 5 fully saturated rings. The van der Waals surface area contributed by atoms with Crippen LogP contribution in [0.25, 0.3) is 0 Å². The normalized spacial score (nSPS) is 37.8. The number of carbonyl (C=O) groups is 3. The molecule has 6 bridgehead atoms. The largest absolute Gasteiger partial charge is 0.388 e. The fourth-order valence-corrected chi connectivity index (χ4v) is 6.75. The molecule has 13 nitrogen and oxygen atoms in total. The van der Waals surface area contributed by atoms with Crippen molar-refractivity contribution in [3.63, 3.8) is 0 Å². The molecule has 5 rings (SSSR count).